The van der Waals surface area contributed by atoms with E-state index in [1.54, 1.807) is 0 Å². The van der Waals surface area contributed by atoms with Crippen molar-refractivity contribution in [3.05, 3.63) is 11.7 Å². The second-order valence-electron chi connectivity index (χ2n) is 5.33. The molecule has 112 valence electrons. The number of likely N-dealkylation sites (tertiary alicyclic amines) is 1. The fourth-order valence-electron chi connectivity index (χ4n) is 3.12. The van der Waals surface area contributed by atoms with Crippen molar-refractivity contribution in [1.82, 2.24) is 20.4 Å². The highest BCUT2D eigenvalue weighted by Crippen LogP contribution is 2.36. The van der Waals surface area contributed by atoms with E-state index in [0.29, 0.717) is 6.04 Å². The van der Waals surface area contributed by atoms with Gasteiger partial charge in [-0.05, 0) is 45.3 Å². The van der Waals surface area contributed by atoms with Crippen LogP contribution in [0.15, 0.2) is 4.52 Å². The van der Waals surface area contributed by atoms with Gasteiger partial charge in [-0.3, -0.25) is 4.90 Å². The summed E-state index contributed by atoms with van der Waals surface area (Å²) in [4.78, 5) is 5.78. The number of alkyl halides is 3. The van der Waals surface area contributed by atoms with Crippen LogP contribution in [0.2, 0.25) is 0 Å². The SMILES string of the molecule is FC(F)(F)c1noc(C2CCCN2C2CCNCC2)n1. The van der Waals surface area contributed by atoms with Gasteiger partial charge in [-0.2, -0.15) is 18.2 Å². The smallest absolute Gasteiger partial charge is 0.337 e. The zero-order valence-electron chi connectivity index (χ0n) is 11.0. The summed E-state index contributed by atoms with van der Waals surface area (Å²) in [6.45, 7) is 2.79. The Labute approximate surface area is 114 Å². The third-order valence-electron chi connectivity index (χ3n) is 4.05. The summed E-state index contributed by atoms with van der Waals surface area (Å²) in [6, 6.07) is 0.228. The Kier molecular flexibility index (Phi) is 3.68. The van der Waals surface area contributed by atoms with Crippen LogP contribution < -0.4 is 5.32 Å². The maximum atomic E-state index is 12.5. The predicted octanol–water partition coefficient (Wildman–Crippen LogP) is 1.98. The Balaban J connectivity index is 1.76. The molecule has 0 radical (unpaired) electrons. The summed E-state index contributed by atoms with van der Waals surface area (Å²) in [5, 5.41) is 6.35. The summed E-state index contributed by atoms with van der Waals surface area (Å²) in [6.07, 6.45) is -0.783. The maximum absolute atomic E-state index is 12.5. The van der Waals surface area contributed by atoms with Crippen LogP contribution in [0.1, 0.15) is 43.4 Å². The number of aromatic nitrogens is 2. The monoisotopic (exact) mass is 290 g/mol. The molecule has 1 aromatic rings. The number of halogens is 3. The summed E-state index contributed by atoms with van der Waals surface area (Å²) >= 11 is 0. The lowest BCUT2D eigenvalue weighted by atomic mass is 10.0. The van der Waals surface area contributed by atoms with E-state index in [-0.39, 0.29) is 11.9 Å². The molecule has 8 heteroatoms. The summed E-state index contributed by atoms with van der Waals surface area (Å²) in [5.41, 5.74) is 0. The standard InChI is InChI=1S/C12H17F3N4O/c13-12(14,15)11-17-10(20-18-11)9-2-1-7-19(9)8-3-5-16-6-4-8/h8-9,16H,1-7H2. The van der Waals surface area contributed by atoms with Crippen LogP contribution in [0.25, 0.3) is 0 Å². The molecule has 0 saturated carbocycles. The molecule has 1 aromatic heterocycles. The molecule has 20 heavy (non-hydrogen) atoms. The molecule has 0 bridgehead atoms. The summed E-state index contributed by atoms with van der Waals surface area (Å²) < 4.78 is 42.5. The molecule has 2 saturated heterocycles. The van der Waals surface area contributed by atoms with Crippen molar-refractivity contribution in [3.63, 3.8) is 0 Å². The maximum Gasteiger partial charge on any atom is 0.455 e. The van der Waals surface area contributed by atoms with Crippen LogP contribution in [-0.4, -0.2) is 40.7 Å². The number of nitrogens with one attached hydrogen (secondary N) is 1. The molecule has 2 fully saturated rings. The zero-order valence-corrected chi connectivity index (χ0v) is 11.0. The van der Waals surface area contributed by atoms with Gasteiger partial charge in [-0.25, -0.2) is 0 Å². The van der Waals surface area contributed by atoms with Crippen molar-refractivity contribution in [2.45, 2.75) is 43.9 Å². The molecule has 0 aromatic carbocycles. The Hall–Kier alpha value is -1.15. The summed E-state index contributed by atoms with van der Waals surface area (Å²) in [5.74, 6) is -1.07. The first kappa shape index (κ1) is 13.8. The lowest BCUT2D eigenvalue weighted by Crippen LogP contribution is -2.42. The van der Waals surface area contributed by atoms with Gasteiger partial charge >= 0.3 is 6.18 Å². The molecular formula is C12H17F3N4O. The van der Waals surface area contributed by atoms with Gasteiger partial charge in [-0.15, -0.1) is 0 Å². The lowest BCUT2D eigenvalue weighted by molar-refractivity contribution is -0.146. The topological polar surface area (TPSA) is 54.2 Å². The van der Waals surface area contributed by atoms with Gasteiger partial charge < -0.3 is 9.84 Å². The van der Waals surface area contributed by atoms with Gasteiger partial charge in [0, 0.05) is 6.04 Å². The quantitative estimate of drug-likeness (QED) is 0.902. The molecule has 2 aliphatic rings. The molecule has 2 aliphatic heterocycles. The van der Waals surface area contributed by atoms with E-state index in [0.717, 1.165) is 45.3 Å². The Morgan fingerprint density at radius 1 is 1.20 bits per heavy atom. The molecule has 5 nitrogen and oxygen atoms in total. The van der Waals surface area contributed by atoms with Crippen LogP contribution in [-0.2, 0) is 6.18 Å². The molecule has 3 rings (SSSR count). The van der Waals surface area contributed by atoms with Crippen molar-refractivity contribution in [3.8, 4) is 0 Å². The van der Waals surface area contributed by atoms with Crippen LogP contribution >= 0.6 is 0 Å². The third-order valence-corrected chi connectivity index (χ3v) is 4.05. The van der Waals surface area contributed by atoms with Crippen molar-refractivity contribution in [2.24, 2.45) is 0 Å². The van der Waals surface area contributed by atoms with Crippen molar-refractivity contribution >= 4 is 0 Å². The molecule has 1 N–H and O–H groups in total. The van der Waals surface area contributed by atoms with E-state index < -0.39 is 12.0 Å². The van der Waals surface area contributed by atoms with Gasteiger partial charge in [0.2, 0.25) is 5.89 Å². The predicted molar refractivity (Wildman–Crippen MR) is 63.9 cm³/mol. The van der Waals surface area contributed by atoms with Gasteiger partial charge in [0.1, 0.15) is 0 Å². The first-order valence-electron chi connectivity index (χ1n) is 6.93. The minimum absolute atomic E-state index is 0.105. The largest absolute Gasteiger partial charge is 0.455 e. The number of piperidine rings is 1. The highest BCUT2D eigenvalue weighted by atomic mass is 19.4. The van der Waals surface area contributed by atoms with Gasteiger partial charge in [0.05, 0.1) is 6.04 Å². The third kappa shape index (κ3) is 2.67. The first-order chi connectivity index (χ1) is 9.55. The van der Waals surface area contributed by atoms with Crippen molar-refractivity contribution in [2.75, 3.05) is 19.6 Å². The second kappa shape index (κ2) is 5.33. The van der Waals surface area contributed by atoms with Gasteiger partial charge in [0.25, 0.3) is 5.82 Å². The average Bonchev–Trinajstić information content (AvgIpc) is 3.07. The molecule has 1 atom stereocenters. The molecular weight excluding hydrogens is 273 g/mol. The molecule has 3 heterocycles. The van der Waals surface area contributed by atoms with Crippen LogP contribution in [0.5, 0.6) is 0 Å². The van der Waals surface area contributed by atoms with Crippen molar-refractivity contribution in [1.29, 1.82) is 0 Å². The van der Waals surface area contributed by atoms with Gasteiger partial charge in [-0.1, -0.05) is 5.16 Å². The zero-order chi connectivity index (χ0) is 14.2. The number of hydrogen-bond donors (Lipinski definition) is 1. The number of hydrogen-bond acceptors (Lipinski definition) is 5. The average molecular weight is 290 g/mol. The molecule has 1 unspecified atom stereocenters. The Morgan fingerprint density at radius 2 is 1.95 bits per heavy atom. The Bertz CT molecular complexity index is 456. The fraction of sp³-hybridized carbons (Fsp3) is 0.833. The van der Waals surface area contributed by atoms with E-state index in [1.807, 2.05) is 0 Å². The second-order valence-corrected chi connectivity index (χ2v) is 5.33. The van der Waals surface area contributed by atoms with Crippen LogP contribution in [0, 0.1) is 0 Å². The summed E-state index contributed by atoms with van der Waals surface area (Å²) in [7, 11) is 0. The van der Waals surface area contributed by atoms with Crippen LogP contribution in [0.4, 0.5) is 13.2 Å². The number of rotatable bonds is 2. The van der Waals surface area contributed by atoms with Crippen LogP contribution in [0.3, 0.4) is 0 Å². The number of nitrogens with zero attached hydrogens (tertiary/aromatic N) is 3. The van der Waals surface area contributed by atoms with E-state index in [4.69, 9.17) is 4.52 Å². The van der Waals surface area contributed by atoms with E-state index in [2.05, 4.69) is 20.4 Å². The lowest BCUT2D eigenvalue weighted by Gasteiger charge is -2.34. The molecule has 0 aliphatic carbocycles. The van der Waals surface area contributed by atoms with E-state index in [9.17, 15) is 13.2 Å². The van der Waals surface area contributed by atoms with Crippen molar-refractivity contribution < 1.29 is 17.7 Å². The highest BCUT2D eigenvalue weighted by Gasteiger charge is 2.40. The van der Waals surface area contributed by atoms with E-state index in [1.165, 1.54) is 0 Å². The molecule has 0 amide bonds. The Morgan fingerprint density at radius 3 is 2.60 bits per heavy atom. The first-order valence-corrected chi connectivity index (χ1v) is 6.93. The normalized spacial score (nSPS) is 26.2. The minimum Gasteiger partial charge on any atom is -0.337 e. The fourth-order valence-corrected chi connectivity index (χ4v) is 3.12. The highest BCUT2D eigenvalue weighted by molar-refractivity contribution is 5.00. The van der Waals surface area contributed by atoms with Gasteiger partial charge in [0.15, 0.2) is 0 Å². The molecule has 0 spiro atoms. The minimum atomic E-state index is -4.54. The van der Waals surface area contributed by atoms with E-state index >= 15 is 0 Å².